The summed E-state index contributed by atoms with van der Waals surface area (Å²) in [4.78, 5) is 39.3. The summed E-state index contributed by atoms with van der Waals surface area (Å²) >= 11 is 0. The highest BCUT2D eigenvalue weighted by Crippen LogP contribution is 2.22. The normalized spacial score (nSPS) is 10.4. The predicted octanol–water partition coefficient (Wildman–Crippen LogP) is 3.11. The Morgan fingerprint density at radius 3 is 2.43 bits per heavy atom. The summed E-state index contributed by atoms with van der Waals surface area (Å²) < 4.78 is 0. The second-order valence-electron chi connectivity index (χ2n) is 6.57. The molecule has 0 saturated heterocycles. The molecule has 0 saturated carbocycles. The molecule has 7 heteroatoms. The van der Waals surface area contributed by atoms with E-state index in [1.165, 1.54) is 11.1 Å². The molecule has 3 rings (SSSR count). The van der Waals surface area contributed by atoms with Crippen LogP contribution >= 0.6 is 0 Å². The largest absolute Gasteiger partial charge is 0.345 e. The molecule has 1 aromatic carbocycles. The molecule has 28 heavy (non-hydrogen) atoms. The van der Waals surface area contributed by atoms with Crippen molar-refractivity contribution in [3.05, 3.63) is 71.3 Å². The minimum absolute atomic E-state index is 0.117. The summed E-state index contributed by atoms with van der Waals surface area (Å²) in [5.74, 6) is 0.0682. The first-order chi connectivity index (χ1) is 13.4. The minimum atomic E-state index is -0.326. The van der Waals surface area contributed by atoms with Crippen molar-refractivity contribution in [2.24, 2.45) is 0 Å². The van der Waals surface area contributed by atoms with Crippen molar-refractivity contribution in [1.82, 2.24) is 19.9 Å². The lowest BCUT2D eigenvalue weighted by atomic mass is 10.1. The van der Waals surface area contributed by atoms with Crippen LogP contribution in [0.1, 0.15) is 32.0 Å². The molecule has 2 aromatic heterocycles. The van der Waals surface area contributed by atoms with Crippen LogP contribution in [0.4, 0.5) is 5.69 Å². The molecule has 142 valence electrons. The summed E-state index contributed by atoms with van der Waals surface area (Å²) in [5.41, 5.74) is 3.54. The SMILES string of the molecule is Cc1nc(-c2cccnc2)ncc1C(=O)Nc1cccc(C(=O)N(C)C)c1C. The van der Waals surface area contributed by atoms with Crippen LogP contribution in [0.2, 0.25) is 0 Å². The topological polar surface area (TPSA) is 88.1 Å². The predicted molar refractivity (Wildman–Crippen MR) is 107 cm³/mol. The molecule has 0 aliphatic carbocycles. The van der Waals surface area contributed by atoms with Crippen molar-refractivity contribution in [2.45, 2.75) is 13.8 Å². The quantitative estimate of drug-likeness (QED) is 0.757. The van der Waals surface area contributed by atoms with E-state index in [0.717, 1.165) is 5.56 Å². The van der Waals surface area contributed by atoms with Crippen LogP contribution < -0.4 is 5.32 Å². The van der Waals surface area contributed by atoms with Crippen LogP contribution in [0.5, 0.6) is 0 Å². The van der Waals surface area contributed by atoms with Gasteiger partial charge in [-0.25, -0.2) is 9.97 Å². The van der Waals surface area contributed by atoms with Gasteiger partial charge in [0.25, 0.3) is 11.8 Å². The van der Waals surface area contributed by atoms with Crippen molar-refractivity contribution in [3.8, 4) is 11.4 Å². The Kier molecular flexibility index (Phi) is 5.44. The molecule has 7 nitrogen and oxygen atoms in total. The maximum atomic E-state index is 12.8. The van der Waals surface area contributed by atoms with Crippen LogP contribution in [0.3, 0.4) is 0 Å². The first-order valence-electron chi connectivity index (χ1n) is 8.75. The number of benzene rings is 1. The molecule has 2 amide bonds. The highest BCUT2D eigenvalue weighted by atomic mass is 16.2. The molecular weight excluding hydrogens is 354 g/mol. The summed E-state index contributed by atoms with van der Waals surface area (Å²) in [6, 6.07) is 8.91. The number of carbonyl (C=O) groups is 2. The first kappa shape index (κ1) is 19.2. The third-order valence-corrected chi connectivity index (χ3v) is 4.36. The van der Waals surface area contributed by atoms with E-state index in [1.807, 2.05) is 6.07 Å². The number of amides is 2. The zero-order chi connectivity index (χ0) is 20.3. The van der Waals surface area contributed by atoms with Gasteiger partial charge in [0.15, 0.2) is 5.82 Å². The van der Waals surface area contributed by atoms with Gasteiger partial charge in [0.05, 0.1) is 11.3 Å². The Balaban J connectivity index is 1.86. The van der Waals surface area contributed by atoms with Crippen LogP contribution in [-0.4, -0.2) is 45.8 Å². The number of carbonyl (C=O) groups excluding carboxylic acids is 2. The van der Waals surface area contributed by atoms with Crippen molar-refractivity contribution in [1.29, 1.82) is 0 Å². The third kappa shape index (κ3) is 3.88. The highest BCUT2D eigenvalue weighted by molar-refractivity contribution is 6.06. The number of pyridine rings is 1. The fourth-order valence-corrected chi connectivity index (χ4v) is 2.76. The van der Waals surface area contributed by atoms with Gasteiger partial charge in [-0.1, -0.05) is 6.07 Å². The monoisotopic (exact) mass is 375 g/mol. The van der Waals surface area contributed by atoms with E-state index >= 15 is 0 Å². The maximum absolute atomic E-state index is 12.8. The second-order valence-corrected chi connectivity index (χ2v) is 6.57. The average Bonchev–Trinajstić information content (AvgIpc) is 2.69. The molecule has 2 heterocycles. The van der Waals surface area contributed by atoms with Crippen LogP contribution in [0.25, 0.3) is 11.4 Å². The smallest absolute Gasteiger partial charge is 0.259 e. The number of hydrogen-bond donors (Lipinski definition) is 1. The van der Waals surface area contributed by atoms with Crippen molar-refractivity contribution >= 4 is 17.5 Å². The minimum Gasteiger partial charge on any atom is -0.345 e. The van der Waals surface area contributed by atoms with Crippen molar-refractivity contribution < 1.29 is 9.59 Å². The van der Waals surface area contributed by atoms with Gasteiger partial charge in [-0.05, 0) is 43.7 Å². The van der Waals surface area contributed by atoms with Gasteiger partial charge < -0.3 is 10.2 Å². The highest BCUT2D eigenvalue weighted by Gasteiger charge is 2.17. The van der Waals surface area contributed by atoms with Crippen LogP contribution in [-0.2, 0) is 0 Å². The van der Waals surface area contributed by atoms with E-state index in [9.17, 15) is 9.59 Å². The molecule has 0 bridgehead atoms. The molecule has 0 radical (unpaired) electrons. The van der Waals surface area contributed by atoms with Crippen LogP contribution in [0, 0.1) is 13.8 Å². The second kappa shape index (κ2) is 7.96. The number of hydrogen-bond acceptors (Lipinski definition) is 5. The standard InChI is InChI=1S/C21H21N5O2/c1-13-16(21(28)26(3)4)8-5-9-18(13)25-20(27)17-12-23-19(24-14(17)2)15-7-6-10-22-11-15/h5-12H,1-4H3,(H,25,27). The van der Waals surface area contributed by atoms with E-state index in [4.69, 9.17) is 0 Å². The molecule has 0 fully saturated rings. The fourth-order valence-electron chi connectivity index (χ4n) is 2.76. The van der Waals surface area contributed by atoms with Gasteiger partial charge in [-0.3, -0.25) is 14.6 Å². The number of aromatic nitrogens is 3. The Morgan fingerprint density at radius 1 is 1.00 bits per heavy atom. The lowest BCUT2D eigenvalue weighted by Crippen LogP contribution is -2.23. The fraction of sp³-hybridized carbons (Fsp3) is 0.190. The van der Waals surface area contributed by atoms with Gasteiger partial charge in [0.2, 0.25) is 0 Å². The number of anilines is 1. The molecule has 0 atom stereocenters. The number of nitrogens with zero attached hydrogens (tertiary/aromatic N) is 4. The van der Waals surface area contributed by atoms with Gasteiger partial charge in [-0.15, -0.1) is 0 Å². The third-order valence-electron chi connectivity index (χ3n) is 4.36. The number of rotatable bonds is 4. The lowest BCUT2D eigenvalue weighted by molar-refractivity contribution is 0.0826. The van der Waals surface area contributed by atoms with Gasteiger partial charge >= 0.3 is 0 Å². The first-order valence-corrected chi connectivity index (χ1v) is 8.75. The van der Waals surface area contributed by atoms with Gasteiger partial charge in [0.1, 0.15) is 0 Å². The summed E-state index contributed by atoms with van der Waals surface area (Å²) in [5, 5.41) is 2.86. The molecule has 0 aliphatic heterocycles. The maximum Gasteiger partial charge on any atom is 0.259 e. The zero-order valence-corrected chi connectivity index (χ0v) is 16.2. The molecule has 1 N–H and O–H groups in total. The Labute approximate surface area is 163 Å². The van der Waals surface area contributed by atoms with Crippen molar-refractivity contribution in [3.63, 3.8) is 0 Å². The van der Waals surface area contributed by atoms with Crippen molar-refractivity contribution in [2.75, 3.05) is 19.4 Å². The van der Waals surface area contributed by atoms with Crippen LogP contribution in [0.15, 0.2) is 48.9 Å². The van der Waals surface area contributed by atoms with Gasteiger partial charge in [-0.2, -0.15) is 0 Å². The van der Waals surface area contributed by atoms with E-state index in [2.05, 4.69) is 20.3 Å². The Morgan fingerprint density at radius 2 is 1.79 bits per heavy atom. The zero-order valence-electron chi connectivity index (χ0n) is 16.2. The van der Waals surface area contributed by atoms with Gasteiger partial charge in [0, 0.05) is 49.5 Å². The van der Waals surface area contributed by atoms with E-state index in [1.54, 1.807) is 64.6 Å². The molecule has 0 spiro atoms. The van der Waals surface area contributed by atoms with E-state index < -0.39 is 0 Å². The Bertz CT molecular complexity index is 1030. The average molecular weight is 375 g/mol. The van der Waals surface area contributed by atoms with E-state index in [0.29, 0.717) is 33.9 Å². The summed E-state index contributed by atoms with van der Waals surface area (Å²) in [6.45, 7) is 3.57. The molecule has 0 aliphatic rings. The summed E-state index contributed by atoms with van der Waals surface area (Å²) in [6.07, 6.45) is 4.85. The molecule has 0 unspecified atom stereocenters. The molecular formula is C21H21N5O2. The Hall–Kier alpha value is -3.61. The number of aryl methyl sites for hydroxylation is 1. The summed E-state index contributed by atoms with van der Waals surface area (Å²) in [7, 11) is 3.38. The van der Waals surface area contributed by atoms with E-state index in [-0.39, 0.29) is 11.8 Å². The molecule has 3 aromatic rings. The lowest BCUT2D eigenvalue weighted by Gasteiger charge is -2.16. The number of nitrogens with one attached hydrogen (secondary N) is 1.